The topological polar surface area (TPSA) is 88.8 Å². The van der Waals surface area contributed by atoms with E-state index in [1.54, 1.807) is 19.2 Å². The van der Waals surface area contributed by atoms with Crippen LogP contribution < -0.4 is 9.46 Å². The summed E-state index contributed by atoms with van der Waals surface area (Å²) in [6, 6.07) is 16.9. The number of amides is 1. The Hall–Kier alpha value is -3.10. The molecule has 158 valence electrons. The van der Waals surface area contributed by atoms with Gasteiger partial charge in [-0.3, -0.25) is 4.79 Å². The summed E-state index contributed by atoms with van der Waals surface area (Å²) in [4.78, 5) is 14.2. The molecule has 0 aliphatic carbocycles. The zero-order valence-corrected chi connectivity index (χ0v) is 17.7. The molecule has 0 aliphatic rings. The number of hydrogen-bond donors (Lipinski definition) is 1. The van der Waals surface area contributed by atoms with Crippen molar-refractivity contribution < 1.29 is 22.4 Å². The van der Waals surface area contributed by atoms with Gasteiger partial charge >= 0.3 is 0 Å². The van der Waals surface area contributed by atoms with Gasteiger partial charge in [0.1, 0.15) is 18.1 Å². The highest BCUT2D eigenvalue weighted by Gasteiger charge is 2.17. The number of carbonyl (C=O) groups is 1. The van der Waals surface area contributed by atoms with Gasteiger partial charge in [-0.05, 0) is 55.0 Å². The molecule has 0 bridgehead atoms. The van der Waals surface area contributed by atoms with Crippen molar-refractivity contribution in [3.63, 3.8) is 0 Å². The van der Waals surface area contributed by atoms with Gasteiger partial charge in [-0.2, -0.15) is 0 Å². The van der Waals surface area contributed by atoms with Gasteiger partial charge in [-0.1, -0.05) is 18.2 Å². The lowest BCUT2D eigenvalue weighted by Gasteiger charge is -2.18. The maximum absolute atomic E-state index is 12.6. The smallest absolute Gasteiger partial charge is 0.253 e. The third-order valence-corrected chi connectivity index (χ3v) is 5.97. The molecule has 1 aromatic heterocycles. The number of benzene rings is 2. The van der Waals surface area contributed by atoms with E-state index in [1.807, 2.05) is 31.2 Å². The third-order valence-electron chi connectivity index (χ3n) is 4.55. The Bertz CT molecular complexity index is 1080. The molecule has 0 saturated carbocycles. The van der Waals surface area contributed by atoms with Crippen LogP contribution in [0.5, 0.6) is 5.75 Å². The van der Waals surface area contributed by atoms with Crippen molar-refractivity contribution in [3.8, 4) is 5.75 Å². The van der Waals surface area contributed by atoms with E-state index in [0.29, 0.717) is 24.5 Å². The predicted molar refractivity (Wildman–Crippen MR) is 113 cm³/mol. The summed E-state index contributed by atoms with van der Waals surface area (Å²) in [5.74, 6) is 1.09. The average Bonchev–Trinajstić information content (AvgIpc) is 3.27. The largest absolute Gasteiger partial charge is 0.491 e. The molecule has 2 aromatic carbocycles. The predicted octanol–water partition coefficient (Wildman–Crippen LogP) is 3.22. The minimum Gasteiger partial charge on any atom is -0.491 e. The normalized spacial score (nSPS) is 11.3. The highest BCUT2D eigenvalue weighted by molar-refractivity contribution is 7.89. The highest BCUT2D eigenvalue weighted by atomic mass is 32.2. The monoisotopic (exact) mass is 428 g/mol. The second-order valence-electron chi connectivity index (χ2n) is 6.77. The molecular formula is C22H24N2O5S. The Balaban J connectivity index is 1.55. The van der Waals surface area contributed by atoms with Gasteiger partial charge in [-0.15, -0.1) is 0 Å². The Morgan fingerprint density at radius 1 is 1.07 bits per heavy atom. The molecule has 3 aromatic rings. The van der Waals surface area contributed by atoms with E-state index in [2.05, 4.69) is 4.72 Å². The van der Waals surface area contributed by atoms with E-state index in [-0.39, 0.29) is 17.3 Å². The summed E-state index contributed by atoms with van der Waals surface area (Å²) >= 11 is 0. The first-order valence-electron chi connectivity index (χ1n) is 9.43. The van der Waals surface area contributed by atoms with Crippen LogP contribution in [0.1, 0.15) is 21.7 Å². The van der Waals surface area contributed by atoms with Crippen molar-refractivity contribution in [3.05, 3.63) is 83.8 Å². The van der Waals surface area contributed by atoms with Gasteiger partial charge < -0.3 is 14.1 Å². The highest BCUT2D eigenvalue weighted by Crippen LogP contribution is 2.16. The van der Waals surface area contributed by atoms with Crippen molar-refractivity contribution in [1.82, 2.24) is 9.62 Å². The fourth-order valence-corrected chi connectivity index (χ4v) is 3.77. The van der Waals surface area contributed by atoms with Crippen molar-refractivity contribution in [2.75, 3.05) is 20.2 Å². The van der Waals surface area contributed by atoms with Crippen LogP contribution in [0.3, 0.4) is 0 Å². The number of nitrogens with one attached hydrogen (secondary N) is 1. The molecule has 7 nitrogen and oxygen atoms in total. The maximum atomic E-state index is 12.6. The standard InChI is InChI=1S/C22H24N2O5S/c1-17-6-3-4-8-21(17)29-15-13-24(2)22(25)18-9-11-20(12-10-18)30(26,27)23-16-19-7-5-14-28-19/h3-12,14,23H,13,15-16H2,1-2H3. The Labute approximate surface area is 176 Å². The number of aryl methyl sites for hydroxylation is 1. The number of likely N-dealkylation sites (N-methyl/N-ethyl adjacent to an activating group) is 1. The van der Waals surface area contributed by atoms with Gasteiger partial charge in [0.05, 0.1) is 24.2 Å². The van der Waals surface area contributed by atoms with Crippen LogP contribution in [-0.4, -0.2) is 39.4 Å². The third kappa shape index (κ3) is 5.49. The molecule has 0 radical (unpaired) electrons. The van der Waals surface area contributed by atoms with Crippen LogP contribution in [0.15, 0.2) is 76.2 Å². The first-order chi connectivity index (χ1) is 14.4. The number of ether oxygens (including phenoxy) is 1. The molecule has 1 amide bonds. The molecule has 1 heterocycles. The molecule has 0 atom stereocenters. The number of hydrogen-bond acceptors (Lipinski definition) is 5. The maximum Gasteiger partial charge on any atom is 0.253 e. The summed E-state index contributed by atoms with van der Waals surface area (Å²) in [6.07, 6.45) is 1.48. The molecule has 0 aliphatic heterocycles. The second-order valence-corrected chi connectivity index (χ2v) is 8.54. The van der Waals surface area contributed by atoms with Crippen LogP contribution >= 0.6 is 0 Å². The minimum absolute atomic E-state index is 0.0552. The quantitative estimate of drug-likeness (QED) is 0.565. The average molecular weight is 429 g/mol. The fourth-order valence-electron chi connectivity index (χ4n) is 2.77. The SMILES string of the molecule is Cc1ccccc1OCCN(C)C(=O)c1ccc(S(=O)(=O)NCc2ccco2)cc1. The van der Waals surface area contributed by atoms with Crippen molar-refractivity contribution >= 4 is 15.9 Å². The Morgan fingerprint density at radius 2 is 1.80 bits per heavy atom. The summed E-state index contributed by atoms with van der Waals surface area (Å²) < 4.78 is 38.1. The molecule has 0 saturated heterocycles. The summed E-state index contributed by atoms with van der Waals surface area (Å²) in [5.41, 5.74) is 1.43. The number of nitrogens with zero attached hydrogens (tertiary/aromatic N) is 1. The van der Waals surface area contributed by atoms with Gasteiger partial charge in [-0.25, -0.2) is 13.1 Å². The van der Waals surface area contributed by atoms with Gasteiger partial charge in [0.15, 0.2) is 0 Å². The van der Waals surface area contributed by atoms with Crippen LogP contribution in [-0.2, 0) is 16.6 Å². The van der Waals surface area contributed by atoms with Crippen LogP contribution in [0.2, 0.25) is 0 Å². The molecular weight excluding hydrogens is 404 g/mol. The molecule has 30 heavy (non-hydrogen) atoms. The lowest BCUT2D eigenvalue weighted by molar-refractivity contribution is 0.0773. The number of furan rings is 1. The number of rotatable bonds is 9. The Kier molecular flexibility index (Phi) is 6.91. The lowest BCUT2D eigenvalue weighted by Crippen LogP contribution is -2.31. The molecule has 8 heteroatoms. The number of sulfonamides is 1. The number of para-hydroxylation sites is 1. The van der Waals surface area contributed by atoms with Crippen LogP contribution in [0.25, 0.3) is 0 Å². The van der Waals surface area contributed by atoms with Crippen molar-refractivity contribution in [1.29, 1.82) is 0 Å². The second kappa shape index (κ2) is 9.60. The van der Waals surface area contributed by atoms with E-state index >= 15 is 0 Å². The first kappa shape index (κ1) is 21.6. The fraction of sp³-hybridized carbons (Fsp3) is 0.227. The molecule has 0 unspecified atom stereocenters. The van der Waals surface area contributed by atoms with Crippen LogP contribution in [0, 0.1) is 6.92 Å². The van der Waals surface area contributed by atoms with Crippen molar-refractivity contribution in [2.24, 2.45) is 0 Å². The van der Waals surface area contributed by atoms with Crippen molar-refractivity contribution in [2.45, 2.75) is 18.4 Å². The van der Waals surface area contributed by atoms with Gasteiger partial charge in [0.2, 0.25) is 10.0 Å². The van der Waals surface area contributed by atoms with Gasteiger partial charge in [0, 0.05) is 12.6 Å². The molecule has 0 spiro atoms. The molecule has 1 N–H and O–H groups in total. The van der Waals surface area contributed by atoms with E-state index in [9.17, 15) is 13.2 Å². The number of carbonyl (C=O) groups excluding carboxylic acids is 1. The first-order valence-corrected chi connectivity index (χ1v) is 10.9. The zero-order chi connectivity index (χ0) is 21.6. The van der Waals surface area contributed by atoms with E-state index in [1.165, 1.54) is 35.4 Å². The Morgan fingerprint density at radius 3 is 2.47 bits per heavy atom. The van der Waals surface area contributed by atoms with E-state index in [0.717, 1.165) is 11.3 Å². The van der Waals surface area contributed by atoms with E-state index < -0.39 is 10.0 Å². The van der Waals surface area contributed by atoms with E-state index in [4.69, 9.17) is 9.15 Å². The van der Waals surface area contributed by atoms with Crippen LogP contribution in [0.4, 0.5) is 0 Å². The van der Waals surface area contributed by atoms with Gasteiger partial charge in [0.25, 0.3) is 5.91 Å². The molecule has 0 fully saturated rings. The lowest BCUT2D eigenvalue weighted by atomic mass is 10.2. The minimum atomic E-state index is -3.70. The summed E-state index contributed by atoms with van der Waals surface area (Å²) in [6.45, 7) is 2.77. The summed E-state index contributed by atoms with van der Waals surface area (Å²) in [7, 11) is -2.02. The summed E-state index contributed by atoms with van der Waals surface area (Å²) in [5, 5.41) is 0. The zero-order valence-electron chi connectivity index (χ0n) is 16.9. The molecule has 3 rings (SSSR count).